The number of hydrogen-bond acceptors (Lipinski definition) is 3. The van der Waals surface area contributed by atoms with Crippen molar-refractivity contribution in [3.8, 4) is 0 Å². The molecular formula is C44H83NO3. The molecule has 0 aliphatic heterocycles. The molecule has 0 aromatic rings. The van der Waals surface area contributed by atoms with Gasteiger partial charge in [-0.15, -0.1) is 0 Å². The van der Waals surface area contributed by atoms with Gasteiger partial charge in [-0.1, -0.05) is 198 Å². The van der Waals surface area contributed by atoms with Gasteiger partial charge in [-0.2, -0.15) is 0 Å². The van der Waals surface area contributed by atoms with Gasteiger partial charge in [0.05, 0.1) is 18.8 Å². The molecule has 1 amide bonds. The highest BCUT2D eigenvalue weighted by Gasteiger charge is 2.17. The van der Waals surface area contributed by atoms with Crippen LogP contribution in [0.4, 0.5) is 0 Å². The Hall–Kier alpha value is -1.39. The van der Waals surface area contributed by atoms with Gasteiger partial charge in [-0.05, 0) is 51.4 Å². The Labute approximate surface area is 300 Å². The fourth-order valence-corrected chi connectivity index (χ4v) is 6.33. The quantitative estimate of drug-likeness (QED) is 0.0451. The summed E-state index contributed by atoms with van der Waals surface area (Å²) in [5.41, 5.74) is 0. The maximum absolute atomic E-state index is 12.3. The van der Waals surface area contributed by atoms with Crippen molar-refractivity contribution in [3.05, 3.63) is 36.5 Å². The van der Waals surface area contributed by atoms with E-state index in [1.807, 2.05) is 6.08 Å². The van der Waals surface area contributed by atoms with Gasteiger partial charge in [0.2, 0.25) is 5.91 Å². The lowest BCUT2D eigenvalue weighted by Gasteiger charge is -2.20. The van der Waals surface area contributed by atoms with Crippen LogP contribution in [0.2, 0.25) is 0 Å². The maximum atomic E-state index is 12.3. The molecule has 4 heteroatoms. The molecule has 282 valence electrons. The minimum Gasteiger partial charge on any atom is -0.394 e. The van der Waals surface area contributed by atoms with E-state index in [9.17, 15) is 15.0 Å². The first kappa shape index (κ1) is 46.6. The van der Waals surface area contributed by atoms with E-state index in [-0.39, 0.29) is 12.5 Å². The number of aliphatic hydroxyl groups excluding tert-OH is 2. The molecule has 0 spiro atoms. The fourth-order valence-electron chi connectivity index (χ4n) is 6.33. The summed E-state index contributed by atoms with van der Waals surface area (Å²) in [5, 5.41) is 22.9. The van der Waals surface area contributed by atoms with Crippen LogP contribution in [-0.2, 0) is 4.79 Å². The molecule has 0 aromatic carbocycles. The van der Waals surface area contributed by atoms with Crippen LogP contribution in [0.1, 0.15) is 219 Å². The lowest BCUT2D eigenvalue weighted by molar-refractivity contribution is -0.123. The third-order valence-electron chi connectivity index (χ3n) is 9.62. The van der Waals surface area contributed by atoms with Crippen LogP contribution in [0.15, 0.2) is 36.5 Å². The van der Waals surface area contributed by atoms with E-state index >= 15 is 0 Å². The van der Waals surface area contributed by atoms with Crippen LogP contribution in [-0.4, -0.2) is 34.9 Å². The summed E-state index contributed by atoms with van der Waals surface area (Å²) in [6, 6.07) is -0.619. The van der Waals surface area contributed by atoms with Crippen molar-refractivity contribution in [1.29, 1.82) is 0 Å². The van der Waals surface area contributed by atoms with E-state index in [0.29, 0.717) is 6.42 Å². The van der Waals surface area contributed by atoms with E-state index in [1.165, 1.54) is 167 Å². The van der Waals surface area contributed by atoms with E-state index in [4.69, 9.17) is 0 Å². The molecule has 48 heavy (non-hydrogen) atoms. The molecule has 0 rings (SSSR count). The highest BCUT2D eigenvalue weighted by Crippen LogP contribution is 2.14. The molecule has 2 atom stereocenters. The third kappa shape index (κ3) is 35.9. The maximum Gasteiger partial charge on any atom is 0.220 e. The van der Waals surface area contributed by atoms with Gasteiger partial charge < -0.3 is 15.5 Å². The Bertz CT molecular complexity index is 731. The SMILES string of the molecule is CCCCCCC/C=C\C/C=C\CCCCCCCCCCCCCCCC(=O)NC(CO)C(O)/C=C/CCCCCCCCCCC. The zero-order valence-corrected chi connectivity index (χ0v) is 32.3. The Morgan fingerprint density at radius 1 is 0.500 bits per heavy atom. The molecule has 0 radical (unpaired) electrons. The van der Waals surface area contributed by atoms with Crippen LogP contribution >= 0.6 is 0 Å². The van der Waals surface area contributed by atoms with E-state index in [2.05, 4.69) is 43.5 Å². The summed E-state index contributed by atoms with van der Waals surface area (Å²) in [4.78, 5) is 12.3. The second kappa shape index (κ2) is 40.0. The molecule has 0 aliphatic carbocycles. The Morgan fingerprint density at radius 2 is 0.854 bits per heavy atom. The molecule has 0 heterocycles. The predicted octanol–water partition coefficient (Wildman–Crippen LogP) is 13.0. The zero-order chi connectivity index (χ0) is 35.0. The molecule has 0 bridgehead atoms. The van der Waals surface area contributed by atoms with Crippen molar-refractivity contribution in [2.45, 2.75) is 231 Å². The number of hydrogen-bond donors (Lipinski definition) is 3. The average molecular weight is 674 g/mol. The van der Waals surface area contributed by atoms with E-state index < -0.39 is 12.1 Å². The topological polar surface area (TPSA) is 69.6 Å². The van der Waals surface area contributed by atoms with Crippen LogP contribution in [0, 0.1) is 0 Å². The monoisotopic (exact) mass is 674 g/mol. The van der Waals surface area contributed by atoms with Crippen molar-refractivity contribution < 1.29 is 15.0 Å². The normalized spacial score (nSPS) is 13.3. The minimum absolute atomic E-state index is 0.0663. The van der Waals surface area contributed by atoms with E-state index in [0.717, 1.165) is 32.1 Å². The smallest absolute Gasteiger partial charge is 0.220 e. The Kier molecular flexibility index (Phi) is 38.9. The summed E-state index contributed by atoms with van der Waals surface area (Å²) in [7, 11) is 0. The second-order valence-corrected chi connectivity index (χ2v) is 14.4. The summed E-state index contributed by atoms with van der Waals surface area (Å²) in [6.07, 6.45) is 52.5. The van der Waals surface area contributed by atoms with Gasteiger partial charge in [-0.25, -0.2) is 0 Å². The van der Waals surface area contributed by atoms with Gasteiger partial charge in [-0.3, -0.25) is 4.79 Å². The highest BCUT2D eigenvalue weighted by molar-refractivity contribution is 5.76. The lowest BCUT2D eigenvalue weighted by Crippen LogP contribution is -2.45. The molecule has 2 unspecified atom stereocenters. The minimum atomic E-state index is -0.836. The summed E-state index contributed by atoms with van der Waals surface area (Å²) >= 11 is 0. The molecule has 3 N–H and O–H groups in total. The number of carbonyl (C=O) groups excluding carboxylic acids is 1. The number of rotatable bonds is 38. The highest BCUT2D eigenvalue weighted by atomic mass is 16.3. The molecule has 4 nitrogen and oxygen atoms in total. The Morgan fingerprint density at radius 3 is 1.25 bits per heavy atom. The standard InChI is InChI=1S/C44H83NO3/c1-3-5-7-9-11-13-15-16-17-18-19-20-21-22-23-24-25-26-27-28-30-32-34-36-38-40-44(48)45-42(41-46)43(47)39-37-35-33-31-29-14-12-10-8-6-4-2/h15-16,18-19,37,39,42-43,46-47H,3-14,17,20-36,38,40-41H2,1-2H3,(H,45,48)/b16-15-,19-18-,39-37+. The van der Waals surface area contributed by atoms with Crippen LogP contribution in [0.3, 0.4) is 0 Å². The molecule has 0 saturated heterocycles. The summed E-state index contributed by atoms with van der Waals surface area (Å²) in [6.45, 7) is 4.28. The number of allylic oxidation sites excluding steroid dienone is 5. The molecular weight excluding hydrogens is 590 g/mol. The first-order valence-corrected chi connectivity index (χ1v) is 21.2. The van der Waals surface area contributed by atoms with Gasteiger partial charge in [0.15, 0.2) is 0 Å². The summed E-state index contributed by atoms with van der Waals surface area (Å²) < 4.78 is 0. The number of unbranched alkanes of at least 4 members (excludes halogenated alkanes) is 27. The summed E-state index contributed by atoms with van der Waals surface area (Å²) in [5.74, 6) is -0.0663. The fraction of sp³-hybridized carbons (Fsp3) is 0.841. The van der Waals surface area contributed by atoms with Gasteiger partial charge in [0, 0.05) is 6.42 Å². The van der Waals surface area contributed by atoms with Crippen molar-refractivity contribution >= 4 is 5.91 Å². The Balaban J connectivity index is 3.52. The second-order valence-electron chi connectivity index (χ2n) is 14.4. The zero-order valence-electron chi connectivity index (χ0n) is 32.3. The average Bonchev–Trinajstić information content (AvgIpc) is 3.09. The predicted molar refractivity (Wildman–Crippen MR) is 212 cm³/mol. The molecule has 0 fully saturated rings. The van der Waals surface area contributed by atoms with Gasteiger partial charge in [0.25, 0.3) is 0 Å². The number of nitrogens with one attached hydrogen (secondary N) is 1. The van der Waals surface area contributed by atoms with Crippen LogP contribution in [0.5, 0.6) is 0 Å². The first-order valence-electron chi connectivity index (χ1n) is 21.2. The van der Waals surface area contributed by atoms with Crippen molar-refractivity contribution in [2.75, 3.05) is 6.61 Å². The number of carbonyl (C=O) groups is 1. The van der Waals surface area contributed by atoms with Crippen LogP contribution < -0.4 is 5.32 Å². The van der Waals surface area contributed by atoms with Crippen LogP contribution in [0.25, 0.3) is 0 Å². The van der Waals surface area contributed by atoms with Gasteiger partial charge >= 0.3 is 0 Å². The number of amides is 1. The van der Waals surface area contributed by atoms with Gasteiger partial charge in [0.1, 0.15) is 0 Å². The molecule has 0 aliphatic rings. The first-order chi connectivity index (χ1) is 23.7. The largest absolute Gasteiger partial charge is 0.394 e. The molecule has 0 saturated carbocycles. The van der Waals surface area contributed by atoms with E-state index in [1.54, 1.807) is 6.08 Å². The van der Waals surface area contributed by atoms with Crippen molar-refractivity contribution in [3.63, 3.8) is 0 Å². The lowest BCUT2D eigenvalue weighted by atomic mass is 10.0. The van der Waals surface area contributed by atoms with Crippen molar-refractivity contribution in [2.24, 2.45) is 0 Å². The number of aliphatic hydroxyl groups is 2. The third-order valence-corrected chi connectivity index (χ3v) is 9.62. The van der Waals surface area contributed by atoms with Crippen molar-refractivity contribution in [1.82, 2.24) is 5.32 Å². The molecule has 0 aromatic heterocycles.